The van der Waals surface area contributed by atoms with Crippen molar-refractivity contribution >= 4 is 16.7 Å². The second kappa shape index (κ2) is 6.26. The highest BCUT2D eigenvalue weighted by Gasteiger charge is 2.04. The summed E-state index contributed by atoms with van der Waals surface area (Å²) in [5.41, 5.74) is 3.55. The van der Waals surface area contributed by atoms with Crippen LogP contribution in [-0.4, -0.2) is 0 Å². The van der Waals surface area contributed by atoms with Crippen LogP contribution in [0, 0.1) is 25.2 Å². The molecule has 0 aliphatic heterocycles. The van der Waals surface area contributed by atoms with Crippen LogP contribution in [0.2, 0.25) is 0 Å². The molecule has 0 N–H and O–H groups in total. The molecule has 0 radical (unpaired) electrons. The highest BCUT2D eigenvalue weighted by atomic mass is 32.2. The fourth-order valence-electron chi connectivity index (χ4n) is 1.68. The molecule has 0 amide bonds. The molecular weight excluding hydrogens is 250 g/mol. The minimum Gasteiger partial charge on any atom is -0.193 e. The molecule has 0 saturated heterocycles. The van der Waals surface area contributed by atoms with Crippen molar-refractivity contribution in [3.63, 3.8) is 0 Å². The number of rotatable bonds is 3. The summed E-state index contributed by atoms with van der Waals surface area (Å²) in [5, 5.41) is 8.93. The molecule has 2 rings (SSSR count). The van der Waals surface area contributed by atoms with E-state index in [1.807, 2.05) is 0 Å². The fourth-order valence-corrected chi connectivity index (χ4v) is 2.57. The average Bonchev–Trinajstić information content (AvgIpc) is 2.42. The van der Waals surface area contributed by atoms with Gasteiger partial charge in [-0.05, 0) is 31.5 Å². The Labute approximate surface area is 118 Å². The van der Waals surface area contributed by atoms with Crippen LogP contribution in [0.5, 0.6) is 0 Å². The van der Waals surface area contributed by atoms with Crippen molar-refractivity contribution in [3.05, 3.63) is 71.3 Å². The molecule has 0 fully saturated rings. The van der Waals surface area contributed by atoms with Gasteiger partial charge in [0, 0.05) is 15.9 Å². The summed E-state index contributed by atoms with van der Waals surface area (Å²) < 4.78 is 0. The topological polar surface area (TPSA) is 23.8 Å². The van der Waals surface area contributed by atoms with Gasteiger partial charge in [0.15, 0.2) is 0 Å². The number of hydrogen-bond donors (Lipinski definition) is 0. The lowest BCUT2D eigenvalue weighted by atomic mass is 10.1. The lowest BCUT2D eigenvalue weighted by Crippen LogP contribution is -1.82. The first-order chi connectivity index (χ1) is 9.19. The third kappa shape index (κ3) is 3.74. The summed E-state index contributed by atoms with van der Waals surface area (Å²) in [6, 6.07) is 18.7. The summed E-state index contributed by atoms with van der Waals surface area (Å²) in [7, 11) is 0. The van der Waals surface area contributed by atoms with Gasteiger partial charge < -0.3 is 0 Å². The Kier molecular flexibility index (Phi) is 4.43. The number of hydrogen-bond acceptors (Lipinski definition) is 2. The highest BCUT2D eigenvalue weighted by molar-refractivity contribution is 8.08. The SMILES string of the molecule is Cc1ccc(S/C(=C\C#N)c2ccc(C)cc2)cc1. The minimum absolute atomic E-state index is 0.978. The number of thioether (sulfide) groups is 1. The van der Waals surface area contributed by atoms with E-state index < -0.39 is 0 Å². The predicted molar refractivity (Wildman–Crippen MR) is 81.8 cm³/mol. The van der Waals surface area contributed by atoms with Crippen LogP contribution >= 0.6 is 11.8 Å². The van der Waals surface area contributed by atoms with E-state index in [0.29, 0.717) is 0 Å². The van der Waals surface area contributed by atoms with Gasteiger partial charge in [-0.3, -0.25) is 0 Å². The molecule has 2 heteroatoms. The third-order valence-electron chi connectivity index (χ3n) is 2.78. The lowest BCUT2D eigenvalue weighted by molar-refractivity contribution is 1.38. The van der Waals surface area contributed by atoms with Crippen molar-refractivity contribution < 1.29 is 0 Å². The molecule has 1 nitrogen and oxygen atoms in total. The van der Waals surface area contributed by atoms with Gasteiger partial charge in [-0.1, -0.05) is 59.3 Å². The Balaban J connectivity index is 2.27. The fraction of sp³-hybridized carbons (Fsp3) is 0.118. The average molecular weight is 265 g/mol. The van der Waals surface area contributed by atoms with Crippen LogP contribution < -0.4 is 0 Å². The predicted octanol–water partition coefficient (Wildman–Crippen LogP) is 4.96. The molecule has 0 heterocycles. The van der Waals surface area contributed by atoms with Crippen LogP contribution in [-0.2, 0) is 0 Å². The molecule has 0 spiro atoms. The Hall–Kier alpha value is -1.98. The normalized spacial score (nSPS) is 11.1. The minimum atomic E-state index is 0.978. The van der Waals surface area contributed by atoms with Gasteiger partial charge in [0.05, 0.1) is 6.07 Å². The van der Waals surface area contributed by atoms with E-state index in [1.54, 1.807) is 17.8 Å². The second-order valence-electron chi connectivity index (χ2n) is 4.42. The number of nitriles is 1. The van der Waals surface area contributed by atoms with Crippen molar-refractivity contribution in [3.8, 4) is 6.07 Å². The van der Waals surface area contributed by atoms with Gasteiger partial charge in [-0.2, -0.15) is 5.26 Å². The number of benzene rings is 2. The van der Waals surface area contributed by atoms with E-state index in [-0.39, 0.29) is 0 Å². The maximum atomic E-state index is 8.93. The molecule has 2 aromatic carbocycles. The summed E-state index contributed by atoms with van der Waals surface area (Å²) >= 11 is 1.62. The first-order valence-corrected chi connectivity index (χ1v) is 6.92. The first-order valence-electron chi connectivity index (χ1n) is 6.10. The third-order valence-corrected chi connectivity index (χ3v) is 3.86. The largest absolute Gasteiger partial charge is 0.193 e. The zero-order chi connectivity index (χ0) is 13.7. The van der Waals surface area contributed by atoms with Gasteiger partial charge in [-0.25, -0.2) is 0 Å². The summed E-state index contributed by atoms with van der Waals surface area (Å²) in [6.07, 6.45) is 1.61. The van der Waals surface area contributed by atoms with E-state index in [2.05, 4.69) is 68.4 Å². The van der Waals surface area contributed by atoms with E-state index in [1.165, 1.54) is 11.1 Å². The van der Waals surface area contributed by atoms with E-state index in [9.17, 15) is 0 Å². The van der Waals surface area contributed by atoms with Crippen molar-refractivity contribution in [2.24, 2.45) is 0 Å². The second-order valence-corrected chi connectivity index (χ2v) is 5.53. The molecule has 94 valence electrons. The van der Waals surface area contributed by atoms with Gasteiger partial charge in [0.1, 0.15) is 0 Å². The van der Waals surface area contributed by atoms with Crippen molar-refractivity contribution in [1.82, 2.24) is 0 Å². The first kappa shape index (κ1) is 13.5. The van der Waals surface area contributed by atoms with Crippen LogP contribution in [0.25, 0.3) is 4.91 Å². The summed E-state index contributed by atoms with van der Waals surface area (Å²) in [4.78, 5) is 2.12. The standard InChI is InChI=1S/C17H15NS/c1-13-3-7-15(8-4-13)17(11-12-18)19-16-9-5-14(2)6-10-16/h3-11H,1-2H3/b17-11-. The van der Waals surface area contributed by atoms with Crippen molar-refractivity contribution in [2.75, 3.05) is 0 Å². The maximum absolute atomic E-state index is 8.93. The van der Waals surface area contributed by atoms with Gasteiger partial charge in [0.2, 0.25) is 0 Å². The summed E-state index contributed by atoms with van der Waals surface area (Å²) in [6.45, 7) is 4.13. The molecule has 2 aromatic rings. The number of allylic oxidation sites excluding steroid dienone is 1. The number of nitrogens with zero attached hydrogens (tertiary/aromatic N) is 1. The van der Waals surface area contributed by atoms with Crippen LogP contribution in [0.4, 0.5) is 0 Å². The monoisotopic (exact) mass is 265 g/mol. The van der Waals surface area contributed by atoms with Gasteiger partial charge in [0.25, 0.3) is 0 Å². The molecule has 0 unspecified atom stereocenters. The van der Waals surface area contributed by atoms with E-state index >= 15 is 0 Å². The molecule has 19 heavy (non-hydrogen) atoms. The Morgan fingerprint density at radius 1 is 0.947 bits per heavy atom. The van der Waals surface area contributed by atoms with Crippen LogP contribution in [0.1, 0.15) is 16.7 Å². The summed E-state index contributed by atoms with van der Waals surface area (Å²) in [5.74, 6) is 0. The molecular formula is C17H15NS. The van der Waals surface area contributed by atoms with Crippen molar-refractivity contribution in [1.29, 1.82) is 5.26 Å². The van der Waals surface area contributed by atoms with Crippen LogP contribution in [0.15, 0.2) is 59.5 Å². The van der Waals surface area contributed by atoms with E-state index in [0.717, 1.165) is 15.4 Å². The molecule has 0 aliphatic carbocycles. The highest BCUT2D eigenvalue weighted by Crippen LogP contribution is 2.34. The molecule has 0 atom stereocenters. The Morgan fingerprint density at radius 3 is 2.00 bits per heavy atom. The van der Waals surface area contributed by atoms with Gasteiger partial charge in [-0.15, -0.1) is 0 Å². The lowest BCUT2D eigenvalue weighted by Gasteiger charge is -2.07. The molecule has 0 aliphatic rings. The molecule has 0 saturated carbocycles. The van der Waals surface area contributed by atoms with E-state index in [4.69, 9.17) is 5.26 Å². The Bertz CT molecular complexity index is 616. The van der Waals surface area contributed by atoms with Gasteiger partial charge >= 0.3 is 0 Å². The number of aryl methyl sites for hydroxylation is 2. The smallest absolute Gasteiger partial charge is 0.0924 e. The zero-order valence-electron chi connectivity index (χ0n) is 11.1. The molecule has 0 bridgehead atoms. The quantitative estimate of drug-likeness (QED) is 0.578. The maximum Gasteiger partial charge on any atom is 0.0924 e. The van der Waals surface area contributed by atoms with Crippen LogP contribution in [0.3, 0.4) is 0 Å². The van der Waals surface area contributed by atoms with Crippen molar-refractivity contribution in [2.45, 2.75) is 18.7 Å². The Morgan fingerprint density at radius 2 is 1.47 bits per heavy atom. The zero-order valence-corrected chi connectivity index (χ0v) is 11.9. The molecule has 0 aromatic heterocycles.